The van der Waals surface area contributed by atoms with Gasteiger partial charge in [-0.25, -0.2) is 5.21 Å². The van der Waals surface area contributed by atoms with Crippen molar-refractivity contribution in [2.45, 2.75) is 38.8 Å². The number of fused-ring (bicyclic) bond motifs is 1. The molecule has 1 heterocycles. The summed E-state index contributed by atoms with van der Waals surface area (Å²) in [6.45, 7) is 7.30. The van der Waals surface area contributed by atoms with Gasteiger partial charge in [0, 0.05) is 5.56 Å². The van der Waals surface area contributed by atoms with Gasteiger partial charge in [0.05, 0.1) is 5.56 Å². The lowest BCUT2D eigenvalue weighted by atomic mass is 9.84. The molecule has 0 fully saturated rings. The molecular weight excluding hydrogens is 292 g/mol. The molecule has 5 nitrogen and oxygen atoms in total. The van der Waals surface area contributed by atoms with Crippen LogP contribution in [0.2, 0.25) is 0 Å². The van der Waals surface area contributed by atoms with Gasteiger partial charge < -0.3 is 5.21 Å². The molecule has 0 unspecified atom stereocenters. The Balaban J connectivity index is 2.17. The fourth-order valence-corrected chi connectivity index (χ4v) is 2.84. The Morgan fingerprint density at radius 3 is 2.26 bits per heavy atom. The zero-order chi connectivity index (χ0) is 17.0. The van der Waals surface area contributed by atoms with Gasteiger partial charge in [-0.1, -0.05) is 18.2 Å². The van der Waals surface area contributed by atoms with E-state index in [4.69, 9.17) is 0 Å². The van der Waals surface area contributed by atoms with Crippen LogP contribution in [0, 0.1) is 5.21 Å². The second-order valence-electron chi connectivity index (χ2n) is 6.99. The van der Waals surface area contributed by atoms with Crippen LogP contribution in [-0.4, -0.2) is 38.2 Å². The molecule has 2 aromatic rings. The molecule has 0 amide bonds. The highest BCUT2D eigenvalue weighted by Gasteiger charge is 2.58. The molecular formula is C18H20N2O3. The van der Waals surface area contributed by atoms with E-state index >= 15 is 0 Å². The Morgan fingerprint density at radius 2 is 1.70 bits per heavy atom. The van der Waals surface area contributed by atoms with Gasteiger partial charge in [0.2, 0.25) is 0 Å². The van der Waals surface area contributed by atoms with E-state index in [0.29, 0.717) is 11.1 Å². The Kier molecular flexibility index (Phi) is 3.23. The van der Waals surface area contributed by atoms with Crippen molar-refractivity contribution in [2.24, 2.45) is 0 Å². The third kappa shape index (κ3) is 2.04. The van der Waals surface area contributed by atoms with Crippen LogP contribution in [-0.2, 0) is 0 Å². The van der Waals surface area contributed by atoms with Crippen LogP contribution >= 0.6 is 0 Å². The molecule has 0 spiro atoms. The summed E-state index contributed by atoms with van der Waals surface area (Å²) in [4.78, 5) is 10.9. The maximum absolute atomic E-state index is 12.7. The predicted octanol–water partition coefficient (Wildman–Crippen LogP) is 3.17. The van der Waals surface area contributed by atoms with Crippen LogP contribution < -0.4 is 0 Å². The lowest BCUT2D eigenvalue weighted by Gasteiger charge is -2.33. The van der Waals surface area contributed by atoms with Crippen molar-refractivity contribution in [3.05, 3.63) is 52.7 Å². The third-order valence-corrected chi connectivity index (χ3v) is 5.19. The fourth-order valence-electron chi connectivity index (χ4n) is 2.84. The van der Waals surface area contributed by atoms with E-state index in [1.807, 2.05) is 45.9 Å². The van der Waals surface area contributed by atoms with E-state index in [-0.39, 0.29) is 5.84 Å². The quantitative estimate of drug-likeness (QED) is 0.525. The zero-order valence-corrected chi connectivity index (χ0v) is 13.7. The van der Waals surface area contributed by atoms with E-state index in [1.165, 1.54) is 0 Å². The molecule has 1 N–H and O–H groups in total. The van der Waals surface area contributed by atoms with Crippen LogP contribution in [0.4, 0.5) is 0 Å². The van der Waals surface area contributed by atoms with Crippen molar-refractivity contribution < 1.29 is 14.7 Å². The summed E-state index contributed by atoms with van der Waals surface area (Å²) in [6, 6.07) is 10.9. The molecule has 3 rings (SSSR count). The first-order valence-electron chi connectivity index (χ1n) is 7.53. The lowest BCUT2D eigenvalue weighted by molar-refractivity contribution is -0.539. The number of hydrogen-bond donors (Lipinski definition) is 1. The van der Waals surface area contributed by atoms with Gasteiger partial charge in [-0.05, 0) is 56.7 Å². The second-order valence-corrected chi connectivity index (χ2v) is 6.99. The SMILES string of the molecule is CC1(C)N(O)C(c2ccc3cc(C=O)ccc3c2)=[N+]([O-])C1(C)C. The van der Waals surface area contributed by atoms with E-state index in [1.54, 1.807) is 18.2 Å². The first-order valence-corrected chi connectivity index (χ1v) is 7.53. The summed E-state index contributed by atoms with van der Waals surface area (Å²) >= 11 is 0. The van der Waals surface area contributed by atoms with Crippen molar-refractivity contribution in [2.75, 3.05) is 0 Å². The van der Waals surface area contributed by atoms with Crippen LogP contribution in [0.5, 0.6) is 0 Å². The zero-order valence-electron chi connectivity index (χ0n) is 13.7. The molecule has 5 heteroatoms. The van der Waals surface area contributed by atoms with Gasteiger partial charge in [0.25, 0.3) is 0 Å². The average molecular weight is 312 g/mol. The Hall–Kier alpha value is -2.40. The normalized spacial score (nSPS) is 19.4. The predicted molar refractivity (Wildman–Crippen MR) is 88.9 cm³/mol. The van der Waals surface area contributed by atoms with Gasteiger partial charge in [-0.3, -0.25) is 9.53 Å². The van der Waals surface area contributed by atoms with E-state index in [2.05, 4.69) is 0 Å². The average Bonchev–Trinajstić information content (AvgIpc) is 2.64. The summed E-state index contributed by atoms with van der Waals surface area (Å²) in [5, 5.41) is 26.1. The Bertz CT molecular complexity index is 837. The minimum Gasteiger partial charge on any atom is -0.714 e. The summed E-state index contributed by atoms with van der Waals surface area (Å²) in [6.07, 6.45) is 0.805. The molecule has 0 atom stereocenters. The fraction of sp³-hybridized carbons (Fsp3) is 0.333. The molecule has 1 aliphatic rings. The van der Waals surface area contributed by atoms with Crippen molar-refractivity contribution in [1.82, 2.24) is 5.06 Å². The molecule has 1 aliphatic heterocycles. The molecule has 0 saturated carbocycles. The smallest absolute Gasteiger partial charge is 0.313 e. The summed E-state index contributed by atoms with van der Waals surface area (Å²) in [5.74, 6) is 0.237. The largest absolute Gasteiger partial charge is 0.714 e. The minimum atomic E-state index is -0.770. The van der Waals surface area contributed by atoms with Crippen LogP contribution in [0.15, 0.2) is 36.4 Å². The van der Waals surface area contributed by atoms with Crippen molar-refractivity contribution >= 4 is 22.9 Å². The minimum absolute atomic E-state index is 0.237. The molecule has 120 valence electrons. The van der Waals surface area contributed by atoms with Crippen molar-refractivity contribution in [1.29, 1.82) is 0 Å². The number of rotatable bonds is 2. The van der Waals surface area contributed by atoms with Crippen LogP contribution in [0.1, 0.15) is 43.6 Å². The molecule has 0 radical (unpaired) electrons. The van der Waals surface area contributed by atoms with Gasteiger partial charge in [-0.2, -0.15) is 0 Å². The molecule has 0 aromatic heterocycles. The number of aldehydes is 1. The van der Waals surface area contributed by atoms with Crippen LogP contribution in [0.25, 0.3) is 10.8 Å². The molecule has 2 aromatic carbocycles. The van der Waals surface area contributed by atoms with Gasteiger partial charge in [0.1, 0.15) is 11.8 Å². The highest BCUT2D eigenvalue weighted by molar-refractivity contribution is 6.00. The van der Waals surface area contributed by atoms with Crippen molar-refractivity contribution in [3.8, 4) is 0 Å². The van der Waals surface area contributed by atoms with Crippen molar-refractivity contribution in [3.63, 3.8) is 0 Å². The number of benzene rings is 2. The molecule has 0 saturated heterocycles. The van der Waals surface area contributed by atoms with Gasteiger partial charge >= 0.3 is 5.84 Å². The number of carbonyl (C=O) groups excluding carboxylic acids is 1. The number of carbonyl (C=O) groups is 1. The topological polar surface area (TPSA) is 66.6 Å². The second kappa shape index (κ2) is 4.80. The first kappa shape index (κ1) is 15.5. The number of amidine groups is 1. The van der Waals surface area contributed by atoms with E-state index < -0.39 is 11.1 Å². The first-order chi connectivity index (χ1) is 10.7. The number of nitrogens with zero attached hydrogens (tertiary/aromatic N) is 2. The lowest BCUT2D eigenvalue weighted by Crippen LogP contribution is -2.53. The maximum atomic E-state index is 12.7. The summed E-state index contributed by atoms with van der Waals surface area (Å²) in [7, 11) is 0. The number of hydroxylamine groups is 3. The summed E-state index contributed by atoms with van der Waals surface area (Å²) in [5.41, 5.74) is -0.240. The molecule has 0 bridgehead atoms. The van der Waals surface area contributed by atoms with Gasteiger partial charge in [0.15, 0.2) is 5.54 Å². The maximum Gasteiger partial charge on any atom is 0.313 e. The van der Waals surface area contributed by atoms with E-state index in [9.17, 15) is 15.2 Å². The van der Waals surface area contributed by atoms with Crippen LogP contribution in [0.3, 0.4) is 0 Å². The standard InChI is InChI=1S/C18H20N2O3/c1-17(2)18(3,4)20(23)16(19(17)22)15-8-7-13-9-12(11-21)5-6-14(13)10-15/h5-11,22H,1-4H3. The summed E-state index contributed by atoms with van der Waals surface area (Å²) < 4.78 is 0.869. The van der Waals surface area contributed by atoms with Gasteiger partial charge in [-0.15, -0.1) is 5.06 Å². The molecule has 23 heavy (non-hydrogen) atoms. The highest BCUT2D eigenvalue weighted by atomic mass is 16.5. The Morgan fingerprint density at radius 1 is 1.09 bits per heavy atom. The highest BCUT2D eigenvalue weighted by Crippen LogP contribution is 2.37. The Labute approximate surface area is 135 Å². The number of hydrogen-bond acceptors (Lipinski definition) is 4. The van der Waals surface area contributed by atoms with E-state index in [0.717, 1.165) is 26.9 Å². The monoisotopic (exact) mass is 312 g/mol. The third-order valence-electron chi connectivity index (χ3n) is 5.19. The molecule has 0 aliphatic carbocycles.